The fraction of sp³-hybridized carbons (Fsp3) is 0.529. The molecule has 7 heteroatoms. The van der Waals surface area contributed by atoms with Crippen molar-refractivity contribution in [2.24, 2.45) is 0 Å². The monoisotopic (exact) mass is 333 g/mol. The molecular weight excluding hydrogens is 314 g/mol. The summed E-state index contributed by atoms with van der Waals surface area (Å²) in [5.41, 5.74) is 0.764. The van der Waals surface area contributed by atoms with Gasteiger partial charge in [-0.2, -0.15) is 0 Å². The van der Waals surface area contributed by atoms with Crippen molar-refractivity contribution in [1.82, 2.24) is 4.90 Å². The summed E-state index contributed by atoms with van der Waals surface area (Å²) in [6.45, 7) is 5.00. The standard InChI is InChI=1S/C17H19NO6/c1-16(2)23-12-11(22-17(3,21)13(12)24-16)8-18-14(19)9-6-4-5-7-10(9)15(18)20/h4-7,11-13,21H,8H2,1-3H3/t11-,12+,13+,17?/m0/s1. The van der Waals surface area contributed by atoms with Crippen LogP contribution in [0.3, 0.4) is 0 Å². The third-order valence-electron chi connectivity index (χ3n) is 4.65. The number of amides is 2. The number of ether oxygens (including phenoxy) is 3. The lowest BCUT2D eigenvalue weighted by Crippen LogP contribution is -2.42. The van der Waals surface area contributed by atoms with Gasteiger partial charge in [-0.15, -0.1) is 0 Å². The molecule has 1 aromatic carbocycles. The van der Waals surface area contributed by atoms with E-state index >= 15 is 0 Å². The number of nitrogens with zero attached hydrogens (tertiary/aromatic N) is 1. The van der Waals surface area contributed by atoms with Gasteiger partial charge in [0.1, 0.15) is 18.3 Å². The zero-order valence-corrected chi connectivity index (χ0v) is 13.7. The lowest BCUT2D eigenvalue weighted by molar-refractivity contribution is -0.265. The minimum Gasteiger partial charge on any atom is -0.364 e. The largest absolute Gasteiger partial charge is 0.364 e. The predicted molar refractivity (Wildman–Crippen MR) is 81.1 cm³/mol. The molecule has 4 atom stereocenters. The van der Waals surface area contributed by atoms with Crippen molar-refractivity contribution >= 4 is 11.8 Å². The third kappa shape index (κ3) is 2.20. The van der Waals surface area contributed by atoms with Gasteiger partial charge in [-0.05, 0) is 32.9 Å². The second-order valence-corrected chi connectivity index (χ2v) is 7.00. The van der Waals surface area contributed by atoms with Gasteiger partial charge in [-0.1, -0.05) is 12.1 Å². The molecule has 1 N–H and O–H groups in total. The molecule has 0 saturated carbocycles. The second-order valence-electron chi connectivity index (χ2n) is 7.00. The van der Waals surface area contributed by atoms with Gasteiger partial charge in [0.15, 0.2) is 11.6 Å². The molecule has 0 bridgehead atoms. The fourth-order valence-corrected chi connectivity index (χ4v) is 3.64. The molecule has 1 aromatic rings. The lowest BCUT2D eigenvalue weighted by Gasteiger charge is -2.28. The summed E-state index contributed by atoms with van der Waals surface area (Å²) in [6.07, 6.45) is -1.89. The van der Waals surface area contributed by atoms with Gasteiger partial charge in [0.05, 0.1) is 17.7 Å². The van der Waals surface area contributed by atoms with Crippen LogP contribution < -0.4 is 0 Å². The first-order valence-corrected chi connectivity index (χ1v) is 7.91. The second kappa shape index (κ2) is 4.86. The SMILES string of the molecule is CC1(C)O[C@@H]2[C@H](CN3C(=O)c4ccccc4C3=O)OC(C)(O)[C@@H]2O1. The van der Waals surface area contributed by atoms with Crippen LogP contribution in [-0.2, 0) is 14.2 Å². The van der Waals surface area contributed by atoms with E-state index in [0.717, 1.165) is 4.90 Å². The first kappa shape index (κ1) is 15.7. The number of benzene rings is 1. The zero-order valence-electron chi connectivity index (χ0n) is 13.7. The molecule has 4 rings (SSSR count). The van der Waals surface area contributed by atoms with E-state index in [9.17, 15) is 14.7 Å². The van der Waals surface area contributed by atoms with Crippen LogP contribution in [0.4, 0.5) is 0 Å². The highest BCUT2D eigenvalue weighted by molar-refractivity contribution is 6.21. The number of hydrogen-bond acceptors (Lipinski definition) is 6. The van der Waals surface area contributed by atoms with Crippen molar-refractivity contribution in [2.75, 3.05) is 6.54 Å². The third-order valence-corrected chi connectivity index (χ3v) is 4.65. The lowest BCUT2D eigenvalue weighted by atomic mass is 10.1. The summed E-state index contributed by atoms with van der Waals surface area (Å²) in [6, 6.07) is 6.69. The van der Waals surface area contributed by atoms with E-state index in [1.54, 1.807) is 38.1 Å². The molecule has 3 aliphatic rings. The number of aliphatic hydroxyl groups is 1. The van der Waals surface area contributed by atoms with Gasteiger partial charge in [0.25, 0.3) is 11.8 Å². The van der Waals surface area contributed by atoms with Crippen molar-refractivity contribution < 1.29 is 28.9 Å². The number of hydrogen-bond donors (Lipinski definition) is 1. The van der Waals surface area contributed by atoms with Crippen molar-refractivity contribution in [3.63, 3.8) is 0 Å². The summed E-state index contributed by atoms with van der Waals surface area (Å²) in [7, 11) is 0. The van der Waals surface area contributed by atoms with Gasteiger partial charge in [0, 0.05) is 0 Å². The molecule has 7 nitrogen and oxygen atoms in total. The van der Waals surface area contributed by atoms with Crippen LogP contribution in [0.1, 0.15) is 41.5 Å². The molecule has 24 heavy (non-hydrogen) atoms. The Balaban J connectivity index is 1.59. The highest BCUT2D eigenvalue weighted by Gasteiger charge is 2.61. The molecule has 0 spiro atoms. The number of carbonyl (C=O) groups excluding carboxylic acids is 2. The van der Waals surface area contributed by atoms with Crippen LogP contribution in [0.25, 0.3) is 0 Å². The molecular formula is C17H19NO6. The van der Waals surface area contributed by atoms with Crippen LogP contribution >= 0.6 is 0 Å². The van der Waals surface area contributed by atoms with E-state index in [0.29, 0.717) is 11.1 Å². The summed E-state index contributed by atoms with van der Waals surface area (Å²) < 4.78 is 17.2. The first-order chi connectivity index (χ1) is 11.2. The summed E-state index contributed by atoms with van der Waals surface area (Å²) in [5, 5.41) is 10.4. The Labute approximate surface area is 139 Å². The Morgan fingerprint density at radius 1 is 1.04 bits per heavy atom. The average Bonchev–Trinajstić information content (AvgIpc) is 3.04. The quantitative estimate of drug-likeness (QED) is 0.810. The highest BCUT2D eigenvalue weighted by Crippen LogP contribution is 2.43. The maximum Gasteiger partial charge on any atom is 0.261 e. The van der Waals surface area contributed by atoms with E-state index in [1.807, 2.05) is 0 Å². The Kier molecular flexibility index (Phi) is 3.18. The minimum atomic E-state index is -1.54. The van der Waals surface area contributed by atoms with Crippen molar-refractivity contribution in [1.29, 1.82) is 0 Å². The molecule has 2 fully saturated rings. The number of carbonyl (C=O) groups is 2. The van der Waals surface area contributed by atoms with Gasteiger partial charge in [-0.3, -0.25) is 14.5 Å². The number of rotatable bonds is 2. The minimum absolute atomic E-state index is 0.00308. The molecule has 128 valence electrons. The molecule has 1 unspecified atom stereocenters. The van der Waals surface area contributed by atoms with Gasteiger partial charge >= 0.3 is 0 Å². The van der Waals surface area contributed by atoms with Crippen LogP contribution in [-0.4, -0.2) is 58.3 Å². The maximum atomic E-state index is 12.5. The summed E-state index contributed by atoms with van der Waals surface area (Å²) in [5.74, 6) is -3.12. The van der Waals surface area contributed by atoms with Crippen molar-refractivity contribution in [3.8, 4) is 0 Å². The Hall–Kier alpha value is -1.80. The predicted octanol–water partition coefficient (Wildman–Crippen LogP) is 0.910. The molecule has 2 amide bonds. The Morgan fingerprint density at radius 3 is 2.21 bits per heavy atom. The van der Waals surface area contributed by atoms with Crippen molar-refractivity contribution in [2.45, 2.75) is 50.7 Å². The summed E-state index contributed by atoms with van der Waals surface area (Å²) in [4.78, 5) is 26.1. The zero-order chi connectivity index (χ0) is 17.3. The molecule has 0 aliphatic carbocycles. The van der Waals surface area contributed by atoms with Gasteiger partial charge < -0.3 is 19.3 Å². The topological polar surface area (TPSA) is 85.3 Å². The van der Waals surface area contributed by atoms with E-state index < -0.39 is 29.9 Å². The molecule has 2 saturated heterocycles. The van der Waals surface area contributed by atoms with Crippen LogP contribution in [0.15, 0.2) is 24.3 Å². The number of fused-ring (bicyclic) bond motifs is 2. The first-order valence-electron chi connectivity index (χ1n) is 7.91. The number of imide groups is 1. The Morgan fingerprint density at radius 2 is 1.62 bits per heavy atom. The van der Waals surface area contributed by atoms with Crippen LogP contribution in [0.2, 0.25) is 0 Å². The molecule has 3 heterocycles. The van der Waals surface area contributed by atoms with E-state index in [4.69, 9.17) is 14.2 Å². The van der Waals surface area contributed by atoms with E-state index in [-0.39, 0.29) is 18.4 Å². The Bertz CT molecular complexity index is 693. The fourth-order valence-electron chi connectivity index (χ4n) is 3.64. The highest BCUT2D eigenvalue weighted by atomic mass is 16.8. The van der Waals surface area contributed by atoms with Crippen LogP contribution in [0.5, 0.6) is 0 Å². The normalized spacial score (nSPS) is 37.0. The maximum absolute atomic E-state index is 12.5. The van der Waals surface area contributed by atoms with Crippen LogP contribution in [0, 0.1) is 0 Å². The molecule has 0 aromatic heterocycles. The van der Waals surface area contributed by atoms with E-state index in [1.165, 1.54) is 6.92 Å². The average molecular weight is 333 g/mol. The van der Waals surface area contributed by atoms with Crippen molar-refractivity contribution in [3.05, 3.63) is 35.4 Å². The van der Waals surface area contributed by atoms with E-state index in [2.05, 4.69) is 0 Å². The summed E-state index contributed by atoms with van der Waals surface area (Å²) >= 11 is 0. The van der Waals surface area contributed by atoms with Gasteiger partial charge in [-0.25, -0.2) is 0 Å². The van der Waals surface area contributed by atoms with Gasteiger partial charge in [0.2, 0.25) is 0 Å². The molecule has 0 radical (unpaired) electrons. The molecule has 3 aliphatic heterocycles. The smallest absolute Gasteiger partial charge is 0.261 e.